The number of nitrogens with one attached hydrogen (secondary N) is 5. The Morgan fingerprint density at radius 1 is 0.516 bits per heavy atom. The van der Waals surface area contributed by atoms with Gasteiger partial charge >= 0.3 is 30.1 Å². The van der Waals surface area contributed by atoms with Crippen LogP contribution in [0.25, 0.3) is 20.9 Å². The zero-order valence-electron chi connectivity index (χ0n) is 57.1. The molecule has 0 aromatic heterocycles. The summed E-state index contributed by atoms with van der Waals surface area (Å²) in [4.78, 5) is 131. The standard InChI is InChI=1S/C32H50N6O9.C25H43N5O9.C7H9NO/c1-31(2,3)46-28(42)20-23(29(43)36-24-12-10-22(21-39)11-13-24)19-26(40)25(37-27(41)14-17-45-18-16-35-38-33)9-7-8-15-34-30(44)47-32(4,5)6;1-24(2,3)38-21(33)16-17(22(34)35)15-19(31)18(29-20(32)10-13-37-14-12-28-30-26)9-7-8-11-27-23(36)39-25(4,5)6;8-7-3-1-6(5-9)2-4-7/h10-13,23,25,39H,7-9,14-21H2,1-6H3,(H,34,44)(H,36,43)(H,37,41);17-18H,7-16H2,1-6H3,(H,27,36)(H,29,32)(H,34,35);1-4,9H,5,8H2/t23-,25-;17-,18-;/m00./s1. The van der Waals surface area contributed by atoms with Gasteiger partial charge in [-0.2, -0.15) is 0 Å². The number of hydrogen-bond donors (Lipinski definition) is 9. The van der Waals surface area contributed by atoms with Gasteiger partial charge in [-0.25, -0.2) is 9.59 Å². The van der Waals surface area contributed by atoms with Crippen LogP contribution in [-0.2, 0) is 80.0 Å². The molecule has 10 N–H and O–H groups in total. The molecule has 31 heteroatoms. The second-order valence-electron chi connectivity index (χ2n) is 25.6. The lowest BCUT2D eigenvalue weighted by atomic mass is 9.92. The van der Waals surface area contributed by atoms with E-state index in [-0.39, 0.29) is 104 Å². The molecule has 0 saturated heterocycles. The average Bonchev–Trinajstić information content (AvgIpc) is 0.976. The van der Waals surface area contributed by atoms with E-state index in [1.807, 2.05) is 0 Å². The van der Waals surface area contributed by atoms with Gasteiger partial charge < -0.3 is 76.1 Å². The number of Topliss-reactive ketones (excluding diaryl/α,β-unsaturated/α-hetero) is 2. The summed E-state index contributed by atoms with van der Waals surface area (Å²) in [6, 6.07) is 11.6. The molecule has 2 rings (SSSR count). The van der Waals surface area contributed by atoms with Gasteiger partial charge in [0.1, 0.15) is 22.4 Å². The Morgan fingerprint density at radius 2 is 0.884 bits per heavy atom. The van der Waals surface area contributed by atoms with Crippen LogP contribution in [0, 0.1) is 11.8 Å². The van der Waals surface area contributed by atoms with Gasteiger partial charge in [-0.3, -0.25) is 38.4 Å². The number of amides is 5. The molecule has 31 nitrogen and oxygen atoms in total. The lowest BCUT2D eigenvalue weighted by Gasteiger charge is -2.24. The van der Waals surface area contributed by atoms with Crippen LogP contribution in [0.3, 0.4) is 0 Å². The minimum absolute atomic E-state index is 0.0316. The number of nitrogen functional groups attached to an aromatic ring is 1. The lowest BCUT2D eigenvalue weighted by molar-refractivity contribution is -0.160. The number of unbranched alkanes of at least 4 members (excludes halogenated alkanes) is 2. The van der Waals surface area contributed by atoms with Gasteiger partial charge in [-0.15, -0.1) is 0 Å². The number of aliphatic hydroxyl groups is 2. The van der Waals surface area contributed by atoms with Crippen LogP contribution in [0.2, 0.25) is 0 Å². The number of carboxylic acid groups (broad SMARTS) is 1. The predicted molar refractivity (Wildman–Crippen MR) is 351 cm³/mol. The fraction of sp³-hybridized carbons (Fsp3) is 0.656. The second kappa shape index (κ2) is 46.5. The van der Waals surface area contributed by atoms with Crippen molar-refractivity contribution >= 4 is 70.8 Å². The minimum atomic E-state index is -1.32. The maximum absolute atomic E-state index is 13.6. The summed E-state index contributed by atoms with van der Waals surface area (Å²) >= 11 is 0. The molecule has 0 aliphatic carbocycles. The largest absolute Gasteiger partial charge is 0.481 e. The molecular weight excluding hydrogens is 1240 g/mol. The summed E-state index contributed by atoms with van der Waals surface area (Å²) in [5.41, 5.74) is 21.8. The smallest absolute Gasteiger partial charge is 0.407 e. The van der Waals surface area contributed by atoms with Crippen molar-refractivity contribution in [2.45, 2.75) is 208 Å². The summed E-state index contributed by atoms with van der Waals surface area (Å²) in [5, 5.41) is 47.4. The van der Waals surface area contributed by atoms with Crippen LogP contribution in [0.15, 0.2) is 58.8 Å². The first-order valence-corrected chi connectivity index (χ1v) is 31.3. The zero-order valence-corrected chi connectivity index (χ0v) is 57.1. The summed E-state index contributed by atoms with van der Waals surface area (Å²) in [6.07, 6.45) is -0.743. The van der Waals surface area contributed by atoms with Crippen molar-refractivity contribution in [3.8, 4) is 0 Å². The van der Waals surface area contributed by atoms with Crippen molar-refractivity contribution in [1.82, 2.24) is 21.3 Å². The molecule has 4 atom stereocenters. The van der Waals surface area contributed by atoms with Crippen molar-refractivity contribution in [3.05, 3.63) is 80.5 Å². The Kier molecular flexibility index (Phi) is 42.3. The van der Waals surface area contributed by atoms with E-state index in [4.69, 9.17) is 50.3 Å². The molecule has 532 valence electrons. The normalized spacial score (nSPS) is 12.4. The van der Waals surface area contributed by atoms with E-state index in [0.29, 0.717) is 36.9 Å². The Bertz CT molecular complexity index is 2800. The molecule has 0 fully saturated rings. The van der Waals surface area contributed by atoms with Gasteiger partial charge in [0.25, 0.3) is 0 Å². The highest BCUT2D eigenvalue weighted by molar-refractivity contribution is 5.99. The van der Waals surface area contributed by atoms with Crippen LogP contribution in [0.4, 0.5) is 21.0 Å². The zero-order chi connectivity index (χ0) is 72.2. The van der Waals surface area contributed by atoms with Crippen molar-refractivity contribution in [2.24, 2.45) is 22.1 Å². The van der Waals surface area contributed by atoms with Crippen molar-refractivity contribution in [3.63, 3.8) is 0 Å². The summed E-state index contributed by atoms with van der Waals surface area (Å²) in [5.74, 6) is -7.67. The van der Waals surface area contributed by atoms with E-state index in [2.05, 4.69) is 46.6 Å². The average molecular weight is 1340 g/mol. The maximum Gasteiger partial charge on any atom is 0.407 e. The second-order valence-corrected chi connectivity index (χ2v) is 25.6. The number of carbonyl (C=O) groups excluding carboxylic acids is 9. The van der Waals surface area contributed by atoms with Crippen LogP contribution < -0.4 is 32.3 Å². The lowest BCUT2D eigenvalue weighted by Crippen LogP contribution is -2.43. The van der Waals surface area contributed by atoms with Crippen LogP contribution >= 0.6 is 0 Å². The van der Waals surface area contributed by atoms with E-state index in [0.717, 1.165) is 11.3 Å². The number of carboxylic acids is 1. The SMILES string of the molecule is CC(C)(C)OC(=O)C[C@H](CC(=O)[C@H](CCCCNC(=O)OC(C)(C)C)NC(=O)CCOCCN=[N+]=[N-])C(=O)Nc1ccc(CO)cc1.CC(C)(C)OC(=O)C[C@H](CC(=O)[C@H](CCCCNC(=O)OC(C)(C)C)NC(=O)CCOCCN=[N+]=[N-])C(=O)O.Nc1ccc(CO)cc1. The Hall–Kier alpha value is -8.60. The highest BCUT2D eigenvalue weighted by atomic mass is 16.6. The number of aliphatic hydroxyl groups excluding tert-OH is 2. The molecule has 5 amide bonds. The van der Waals surface area contributed by atoms with Gasteiger partial charge in [0.05, 0.1) is 76.4 Å². The van der Waals surface area contributed by atoms with Crippen molar-refractivity contribution in [1.29, 1.82) is 0 Å². The Labute approximate surface area is 556 Å². The Balaban J connectivity index is 0.00000166. The fourth-order valence-electron chi connectivity index (χ4n) is 7.95. The number of benzene rings is 2. The van der Waals surface area contributed by atoms with E-state index in [1.165, 1.54) is 0 Å². The molecule has 0 bridgehead atoms. The molecule has 0 saturated carbocycles. The number of azide groups is 2. The van der Waals surface area contributed by atoms with Crippen molar-refractivity contribution < 1.29 is 91.7 Å². The number of anilines is 2. The van der Waals surface area contributed by atoms with Gasteiger partial charge in [-0.05, 0) is 168 Å². The van der Waals surface area contributed by atoms with Gasteiger partial charge in [-0.1, -0.05) is 34.5 Å². The number of ether oxygens (including phenoxy) is 6. The number of ketones is 2. The van der Waals surface area contributed by atoms with Gasteiger partial charge in [0.15, 0.2) is 11.6 Å². The number of aliphatic carboxylic acids is 1. The summed E-state index contributed by atoms with van der Waals surface area (Å²) in [6.45, 7) is 21.5. The number of nitrogens with zero attached hydrogens (tertiary/aromatic N) is 6. The predicted octanol–water partition coefficient (Wildman–Crippen LogP) is 8.36. The number of nitrogens with two attached hydrogens (primary N) is 1. The van der Waals surface area contributed by atoms with E-state index >= 15 is 0 Å². The number of carbonyl (C=O) groups is 10. The number of esters is 2. The topological polar surface area (TPSA) is 470 Å². The molecule has 2 aromatic rings. The van der Waals surface area contributed by atoms with E-state index in [9.17, 15) is 58.2 Å². The molecule has 0 spiro atoms. The quantitative estimate of drug-likeness (QED) is 0.00577. The van der Waals surface area contributed by atoms with Crippen LogP contribution in [-0.4, -0.2) is 162 Å². The first kappa shape index (κ1) is 86.4. The molecule has 0 radical (unpaired) electrons. The highest BCUT2D eigenvalue weighted by Gasteiger charge is 2.33. The molecular formula is C64H102N12O19. The summed E-state index contributed by atoms with van der Waals surface area (Å²) < 4.78 is 31.5. The third-order valence-electron chi connectivity index (χ3n) is 12.2. The minimum Gasteiger partial charge on any atom is -0.481 e. The van der Waals surface area contributed by atoms with Gasteiger partial charge in [0, 0.05) is 73.1 Å². The van der Waals surface area contributed by atoms with Gasteiger partial charge in [0.2, 0.25) is 17.7 Å². The highest BCUT2D eigenvalue weighted by Crippen LogP contribution is 2.22. The van der Waals surface area contributed by atoms with Crippen LogP contribution in [0.5, 0.6) is 0 Å². The monoisotopic (exact) mass is 1340 g/mol. The summed E-state index contributed by atoms with van der Waals surface area (Å²) in [7, 11) is 0. The van der Waals surface area contributed by atoms with Crippen LogP contribution in [0.1, 0.15) is 171 Å². The molecule has 95 heavy (non-hydrogen) atoms. The maximum atomic E-state index is 13.6. The number of alkyl carbamates (subject to hydrolysis) is 2. The number of rotatable bonds is 39. The third kappa shape index (κ3) is 47.9. The fourth-order valence-corrected chi connectivity index (χ4v) is 7.95. The van der Waals surface area contributed by atoms with Crippen molar-refractivity contribution in [2.75, 3.05) is 63.7 Å². The molecule has 0 heterocycles. The molecule has 2 aromatic carbocycles. The molecule has 0 aliphatic rings. The van der Waals surface area contributed by atoms with E-state index in [1.54, 1.807) is 132 Å². The number of hydrogen-bond acceptors (Lipinski definition) is 21. The Morgan fingerprint density at radius 3 is 1.24 bits per heavy atom. The van der Waals surface area contributed by atoms with E-state index < -0.39 is 119 Å². The first-order chi connectivity index (χ1) is 44.4. The molecule has 0 aliphatic heterocycles. The molecule has 0 unspecified atom stereocenters. The first-order valence-electron chi connectivity index (χ1n) is 31.3. The third-order valence-corrected chi connectivity index (χ3v) is 12.2.